The summed E-state index contributed by atoms with van der Waals surface area (Å²) in [5, 5.41) is 28.7. The summed E-state index contributed by atoms with van der Waals surface area (Å²) in [6.07, 6.45) is 14.1. The highest BCUT2D eigenvalue weighted by Gasteiger charge is 2.67. The molecular weight excluding hydrogens is 516 g/mol. The van der Waals surface area contributed by atoms with Crippen LogP contribution in [0.25, 0.3) is 10.9 Å². The number of nitrogens with one attached hydrogen (secondary N) is 2. The minimum Gasteiger partial charge on any atom is -0.393 e. The van der Waals surface area contributed by atoms with Crippen molar-refractivity contribution in [3.05, 3.63) is 36.0 Å². The molecule has 4 nitrogen and oxygen atoms in total. The molecular formula is C38H60N2O2. The monoisotopic (exact) mass is 576 g/mol. The third-order valence-corrected chi connectivity index (χ3v) is 14.3. The van der Waals surface area contributed by atoms with E-state index in [2.05, 4.69) is 82.3 Å². The first kappa shape index (κ1) is 30.7. The first-order chi connectivity index (χ1) is 20.0. The minimum atomic E-state index is -0.849. The molecule has 4 fully saturated rings. The Balaban J connectivity index is 1.21. The number of fused-ring (bicyclic) bond motifs is 6. The van der Waals surface area contributed by atoms with Crippen LogP contribution in [0, 0.1) is 52.3 Å². The van der Waals surface area contributed by atoms with Gasteiger partial charge in [-0.25, -0.2) is 0 Å². The highest BCUT2D eigenvalue weighted by Crippen LogP contribution is 2.69. The summed E-state index contributed by atoms with van der Waals surface area (Å²) >= 11 is 0. The second-order valence-corrected chi connectivity index (χ2v) is 16.5. The predicted molar refractivity (Wildman–Crippen MR) is 174 cm³/mol. The van der Waals surface area contributed by atoms with Gasteiger partial charge in [-0.2, -0.15) is 0 Å². The van der Waals surface area contributed by atoms with Crippen molar-refractivity contribution < 1.29 is 10.2 Å². The van der Waals surface area contributed by atoms with E-state index in [1.807, 2.05) is 0 Å². The van der Waals surface area contributed by atoms with E-state index in [9.17, 15) is 10.2 Å². The van der Waals surface area contributed by atoms with Gasteiger partial charge in [0.1, 0.15) is 0 Å². The highest BCUT2D eigenvalue weighted by molar-refractivity contribution is 5.83. The number of rotatable bonds is 9. The molecule has 4 heteroatoms. The van der Waals surface area contributed by atoms with E-state index in [1.54, 1.807) is 0 Å². The second-order valence-electron chi connectivity index (χ2n) is 16.5. The molecule has 0 unspecified atom stereocenters. The molecule has 0 spiro atoms. The molecule has 0 bridgehead atoms. The number of para-hydroxylation sites is 1. The fourth-order valence-corrected chi connectivity index (χ4v) is 11.3. The van der Waals surface area contributed by atoms with E-state index in [0.29, 0.717) is 23.7 Å². The van der Waals surface area contributed by atoms with Gasteiger partial charge in [-0.15, -0.1) is 0 Å². The molecule has 6 rings (SSSR count). The number of aliphatic hydroxyl groups excluding tert-OH is 1. The fraction of sp³-hybridized carbons (Fsp3) is 0.789. The number of hydrogen-bond donors (Lipinski definition) is 4. The summed E-state index contributed by atoms with van der Waals surface area (Å²) in [5.74, 6) is 5.20. The number of aromatic amines is 1. The highest BCUT2D eigenvalue weighted by atomic mass is 16.3. The molecule has 4 aliphatic rings. The average molecular weight is 577 g/mol. The molecule has 4 saturated carbocycles. The van der Waals surface area contributed by atoms with Gasteiger partial charge in [0.2, 0.25) is 0 Å². The topological polar surface area (TPSA) is 68.3 Å². The molecule has 0 aliphatic heterocycles. The van der Waals surface area contributed by atoms with Gasteiger partial charge < -0.3 is 20.5 Å². The third kappa shape index (κ3) is 5.00. The third-order valence-electron chi connectivity index (χ3n) is 14.3. The minimum absolute atomic E-state index is 0.0367. The van der Waals surface area contributed by atoms with Crippen molar-refractivity contribution in [1.82, 2.24) is 10.3 Å². The molecule has 0 amide bonds. The molecule has 42 heavy (non-hydrogen) atoms. The molecule has 1 aromatic heterocycles. The number of H-pyrrole nitrogens is 1. The molecule has 4 aliphatic carbocycles. The van der Waals surface area contributed by atoms with Crippen LogP contribution in [-0.4, -0.2) is 39.5 Å². The Morgan fingerprint density at radius 1 is 0.976 bits per heavy atom. The zero-order valence-electron chi connectivity index (χ0n) is 27.5. The molecule has 1 heterocycles. The summed E-state index contributed by atoms with van der Waals surface area (Å²) in [4.78, 5) is 3.43. The largest absolute Gasteiger partial charge is 0.393 e. The van der Waals surface area contributed by atoms with E-state index in [0.717, 1.165) is 61.8 Å². The van der Waals surface area contributed by atoms with Gasteiger partial charge in [0.25, 0.3) is 0 Å². The van der Waals surface area contributed by atoms with Crippen LogP contribution in [0.1, 0.15) is 111 Å². The van der Waals surface area contributed by atoms with Crippen LogP contribution in [0.5, 0.6) is 0 Å². The van der Waals surface area contributed by atoms with Gasteiger partial charge in [-0.3, -0.25) is 0 Å². The second kappa shape index (κ2) is 11.5. The van der Waals surface area contributed by atoms with Crippen LogP contribution in [0.15, 0.2) is 30.5 Å². The van der Waals surface area contributed by atoms with Crippen LogP contribution in [0.2, 0.25) is 0 Å². The normalized spacial score (nSPS) is 41.4. The van der Waals surface area contributed by atoms with E-state index in [-0.39, 0.29) is 11.5 Å². The summed E-state index contributed by atoms with van der Waals surface area (Å²) in [6.45, 7) is 15.7. The summed E-state index contributed by atoms with van der Waals surface area (Å²) < 4.78 is 0. The van der Waals surface area contributed by atoms with Gasteiger partial charge in [0, 0.05) is 35.0 Å². The lowest BCUT2D eigenvalue weighted by molar-refractivity contribution is -0.234. The molecule has 2 aromatic rings. The average Bonchev–Trinajstić information content (AvgIpc) is 3.53. The summed E-state index contributed by atoms with van der Waals surface area (Å²) in [6, 6.07) is 8.59. The Labute approximate surface area is 255 Å². The number of aromatic nitrogens is 1. The lowest BCUT2D eigenvalue weighted by Crippen LogP contribution is -2.71. The molecule has 1 aromatic carbocycles. The lowest BCUT2D eigenvalue weighted by atomic mass is 9.42. The van der Waals surface area contributed by atoms with E-state index < -0.39 is 11.7 Å². The van der Waals surface area contributed by atoms with Crippen molar-refractivity contribution in [3.8, 4) is 0 Å². The zero-order chi connectivity index (χ0) is 29.9. The van der Waals surface area contributed by atoms with Crippen molar-refractivity contribution >= 4 is 10.9 Å². The fourth-order valence-electron chi connectivity index (χ4n) is 11.3. The number of hydrogen-bond acceptors (Lipinski definition) is 3. The quantitative estimate of drug-likeness (QED) is 0.244. The van der Waals surface area contributed by atoms with Crippen molar-refractivity contribution in [2.45, 2.75) is 130 Å². The first-order valence-electron chi connectivity index (χ1n) is 17.7. The van der Waals surface area contributed by atoms with Gasteiger partial charge >= 0.3 is 0 Å². The Hall–Kier alpha value is -1.36. The van der Waals surface area contributed by atoms with Crippen molar-refractivity contribution in [2.75, 3.05) is 6.54 Å². The Morgan fingerprint density at radius 3 is 2.55 bits per heavy atom. The Bertz CT molecular complexity index is 1220. The smallest absolute Gasteiger partial charge is 0.0880 e. The molecule has 234 valence electrons. The zero-order valence-corrected chi connectivity index (χ0v) is 27.5. The summed E-state index contributed by atoms with van der Waals surface area (Å²) in [5.41, 5.74) is 1.98. The Kier molecular flexibility index (Phi) is 8.42. The number of benzene rings is 1. The van der Waals surface area contributed by atoms with Crippen molar-refractivity contribution in [1.29, 1.82) is 0 Å². The van der Waals surface area contributed by atoms with Gasteiger partial charge in [-0.1, -0.05) is 72.6 Å². The van der Waals surface area contributed by atoms with Crippen LogP contribution in [0.3, 0.4) is 0 Å². The predicted octanol–water partition coefficient (Wildman–Crippen LogP) is 8.12. The number of aliphatic hydroxyl groups is 2. The van der Waals surface area contributed by atoms with Gasteiger partial charge in [-0.05, 0) is 116 Å². The SMILES string of the molecule is CC(C)[C@H](C)CC[C@@H](C)[C@H]1CC[C@H]2[C@@H]3C[C@@H](NCCc4c[nH]c5ccccc45)[C@@]4(O)C[C@@H](O)CC[C@]4(C)[C@H]3CC[C@]12C. The summed E-state index contributed by atoms with van der Waals surface area (Å²) in [7, 11) is 0. The standard InChI is InChI=1S/C38H60N2O2/c1-24(2)25(3)11-12-26(4)31-13-14-32-30-21-35(39-20-17-27-23-40-34-10-8-7-9-29(27)34)38(42)22-28(41)15-19-37(38,6)33(30)16-18-36(31,32)5/h7-10,23-26,28,30-33,35,39-42H,11-22H2,1-6H3/t25-,26-,28+,30+,31-,32+,33+,35-,36-,37-,38+/m1/s1. The van der Waals surface area contributed by atoms with Gasteiger partial charge in [0.05, 0.1) is 11.7 Å². The van der Waals surface area contributed by atoms with Crippen LogP contribution < -0.4 is 5.32 Å². The van der Waals surface area contributed by atoms with E-state index in [1.165, 1.54) is 55.0 Å². The van der Waals surface area contributed by atoms with E-state index in [4.69, 9.17) is 0 Å². The maximum Gasteiger partial charge on any atom is 0.0880 e. The lowest BCUT2D eigenvalue weighted by Gasteiger charge is -2.66. The molecule has 4 N–H and O–H groups in total. The van der Waals surface area contributed by atoms with Crippen molar-refractivity contribution in [2.24, 2.45) is 52.3 Å². The molecule has 0 radical (unpaired) electrons. The first-order valence-corrected chi connectivity index (χ1v) is 17.7. The molecule has 0 saturated heterocycles. The van der Waals surface area contributed by atoms with Crippen molar-refractivity contribution in [3.63, 3.8) is 0 Å². The Morgan fingerprint density at radius 2 is 1.76 bits per heavy atom. The maximum atomic E-state index is 12.6. The van der Waals surface area contributed by atoms with E-state index >= 15 is 0 Å². The van der Waals surface area contributed by atoms with Crippen LogP contribution >= 0.6 is 0 Å². The van der Waals surface area contributed by atoms with Crippen LogP contribution in [0.4, 0.5) is 0 Å². The van der Waals surface area contributed by atoms with Crippen LogP contribution in [-0.2, 0) is 6.42 Å². The maximum absolute atomic E-state index is 12.6. The van der Waals surface area contributed by atoms with Gasteiger partial charge in [0.15, 0.2) is 0 Å². The molecule has 11 atom stereocenters.